The van der Waals surface area contributed by atoms with Gasteiger partial charge in [0.15, 0.2) is 0 Å². The number of aryl methyl sites for hydroxylation is 1. The van der Waals surface area contributed by atoms with Gasteiger partial charge in [0.1, 0.15) is 5.69 Å². The van der Waals surface area contributed by atoms with Crippen molar-refractivity contribution >= 4 is 29.4 Å². The van der Waals surface area contributed by atoms with Gasteiger partial charge in [0, 0.05) is 36.8 Å². The Morgan fingerprint density at radius 3 is 2.42 bits per heavy atom. The van der Waals surface area contributed by atoms with E-state index in [-0.39, 0.29) is 17.7 Å². The Hall–Kier alpha value is -2.80. The van der Waals surface area contributed by atoms with Crippen molar-refractivity contribution in [2.45, 2.75) is 39.7 Å². The van der Waals surface area contributed by atoms with Crippen LogP contribution in [0.4, 0.5) is 0 Å². The van der Waals surface area contributed by atoms with Crippen LogP contribution in [0.25, 0.3) is 0 Å². The molecule has 1 aromatic carbocycles. The quantitative estimate of drug-likeness (QED) is 0.664. The first-order valence-corrected chi connectivity index (χ1v) is 10.8. The molecule has 2 heterocycles. The Morgan fingerprint density at radius 2 is 1.81 bits per heavy atom. The summed E-state index contributed by atoms with van der Waals surface area (Å²) < 4.78 is 4.81. The second-order valence-electron chi connectivity index (χ2n) is 7.96. The summed E-state index contributed by atoms with van der Waals surface area (Å²) in [6.07, 6.45) is 1.98. The van der Waals surface area contributed by atoms with E-state index in [0.717, 1.165) is 18.4 Å². The Labute approximate surface area is 187 Å². The van der Waals surface area contributed by atoms with Crippen molar-refractivity contribution < 1.29 is 19.1 Å². The van der Waals surface area contributed by atoms with E-state index in [1.165, 1.54) is 7.11 Å². The largest absolute Gasteiger partial charge is 0.465 e. The summed E-state index contributed by atoms with van der Waals surface area (Å²) in [5, 5.41) is 3.62. The first-order chi connectivity index (χ1) is 14.8. The number of aromatic nitrogens is 1. The number of halogens is 1. The molecule has 7 nitrogen and oxygen atoms in total. The van der Waals surface area contributed by atoms with E-state index in [1.54, 1.807) is 30.9 Å². The lowest BCUT2D eigenvalue weighted by Gasteiger charge is -2.31. The van der Waals surface area contributed by atoms with Gasteiger partial charge in [-0.05, 0) is 55.9 Å². The summed E-state index contributed by atoms with van der Waals surface area (Å²) in [7, 11) is 1.33. The molecule has 0 unspecified atom stereocenters. The highest BCUT2D eigenvalue weighted by molar-refractivity contribution is 6.30. The van der Waals surface area contributed by atoms with Crippen LogP contribution in [0.3, 0.4) is 0 Å². The molecule has 1 saturated heterocycles. The number of amides is 2. The number of carbonyl (C=O) groups excluding carboxylic acids is 3. The predicted octanol–water partition coefficient (Wildman–Crippen LogP) is 3.63. The van der Waals surface area contributed by atoms with Crippen LogP contribution >= 0.6 is 11.6 Å². The molecule has 0 bridgehead atoms. The summed E-state index contributed by atoms with van der Waals surface area (Å²) in [5.41, 5.74) is 3.08. The fourth-order valence-electron chi connectivity index (χ4n) is 4.01. The van der Waals surface area contributed by atoms with E-state index in [2.05, 4.69) is 10.3 Å². The van der Waals surface area contributed by atoms with Crippen LogP contribution in [0, 0.1) is 19.8 Å². The van der Waals surface area contributed by atoms with Gasteiger partial charge in [0.05, 0.1) is 12.7 Å². The van der Waals surface area contributed by atoms with Gasteiger partial charge in [-0.25, -0.2) is 4.79 Å². The highest BCUT2D eigenvalue weighted by Gasteiger charge is 2.29. The van der Waals surface area contributed by atoms with Crippen LogP contribution in [0.5, 0.6) is 0 Å². The van der Waals surface area contributed by atoms with Crippen LogP contribution in [-0.2, 0) is 16.1 Å². The lowest BCUT2D eigenvalue weighted by Crippen LogP contribution is -2.40. The highest BCUT2D eigenvalue weighted by Crippen LogP contribution is 2.25. The zero-order chi connectivity index (χ0) is 22.5. The van der Waals surface area contributed by atoms with Gasteiger partial charge >= 0.3 is 5.97 Å². The average molecular weight is 446 g/mol. The molecule has 0 atom stereocenters. The summed E-state index contributed by atoms with van der Waals surface area (Å²) in [5.74, 6) is -0.320. The van der Waals surface area contributed by atoms with Crippen LogP contribution in [0.2, 0.25) is 5.02 Å². The second-order valence-corrected chi connectivity index (χ2v) is 8.40. The molecule has 166 valence electrons. The molecule has 1 aliphatic rings. The number of hydrogen-bond acceptors (Lipinski definition) is 4. The fraction of sp³-hybridized carbons (Fsp3) is 0.435. The van der Waals surface area contributed by atoms with Crippen molar-refractivity contribution in [1.82, 2.24) is 15.2 Å². The summed E-state index contributed by atoms with van der Waals surface area (Å²) in [6.45, 7) is 5.14. The molecule has 1 aliphatic heterocycles. The van der Waals surface area contributed by atoms with Crippen molar-refractivity contribution in [2.75, 3.05) is 20.2 Å². The molecule has 2 aromatic rings. The number of H-pyrrole nitrogens is 1. The molecule has 3 rings (SSSR count). The zero-order valence-corrected chi connectivity index (χ0v) is 18.8. The van der Waals surface area contributed by atoms with E-state index in [9.17, 15) is 14.4 Å². The molecule has 2 N–H and O–H groups in total. The fourth-order valence-corrected chi connectivity index (χ4v) is 4.13. The molecule has 0 spiro atoms. The summed E-state index contributed by atoms with van der Waals surface area (Å²) >= 11 is 5.88. The molecule has 2 amide bonds. The van der Waals surface area contributed by atoms with Crippen molar-refractivity contribution in [1.29, 1.82) is 0 Å². The number of esters is 1. The minimum Gasteiger partial charge on any atom is -0.465 e. The Bertz CT molecular complexity index is 960. The number of benzene rings is 1. The maximum atomic E-state index is 13.0. The van der Waals surface area contributed by atoms with E-state index in [0.29, 0.717) is 53.6 Å². The lowest BCUT2D eigenvalue weighted by atomic mass is 9.93. The maximum absolute atomic E-state index is 13.0. The SMILES string of the molecule is COC(=O)c1c(C)[nH]c(C(=O)N2CCC(CC(=O)NCc3ccc(Cl)cc3)CC2)c1C. The monoisotopic (exact) mass is 445 g/mol. The van der Waals surface area contributed by atoms with Gasteiger partial charge in [-0.3, -0.25) is 9.59 Å². The molecule has 31 heavy (non-hydrogen) atoms. The van der Waals surface area contributed by atoms with Crippen molar-refractivity contribution in [3.63, 3.8) is 0 Å². The predicted molar refractivity (Wildman–Crippen MR) is 118 cm³/mol. The van der Waals surface area contributed by atoms with Crippen molar-refractivity contribution in [3.05, 3.63) is 57.4 Å². The number of rotatable bonds is 6. The summed E-state index contributed by atoms with van der Waals surface area (Å²) in [4.78, 5) is 42.0. The van der Waals surface area contributed by atoms with E-state index >= 15 is 0 Å². The van der Waals surface area contributed by atoms with Crippen molar-refractivity contribution in [2.24, 2.45) is 5.92 Å². The standard InChI is InChI=1S/C23H28ClN3O4/c1-14-20(23(30)31-3)15(2)26-21(14)22(29)27-10-8-16(9-11-27)12-19(28)25-13-17-4-6-18(24)7-5-17/h4-7,16,26H,8-13H2,1-3H3,(H,25,28). The van der Waals surface area contributed by atoms with E-state index in [1.807, 2.05) is 12.1 Å². The number of nitrogens with zero attached hydrogens (tertiary/aromatic N) is 1. The molecular formula is C23H28ClN3O4. The molecule has 0 aliphatic carbocycles. The number of aromatic amines is 1. The van der Waals surface area contributed by atoms with Gasteiger partial charge in [0.25, 0.3) is 5.91 Å². The second kappa shape index (κ2) is 10.0. The third kappa shape index (κ3) is 5.47. The third-order valence-electron chi connectivity index (χ3n) is 5.82. The zero-order valence-electron chi connectivity index (χ0n) is 18.1. The van der Waals surface area contributed by atoms with Crippen LogP contribution in [-0.4, -0.2) is 47.9 Å². The van der Waals surface area contributed by atoms with E-state index in [4.69, 9.17) is 16.3 Å². The van der Waals surface area contributed by atoms with Crippen LogP contribution in [0.15, 0.2) is 24.3 Å². The number of likely N-dealkylation sites (tertiary alicyclic amines) is 1. The number of hydrogen-bond donors (Lipinski definition) is 2. The molecular weight excluding hydrogens is 418 g/mol. The number of ether oxygens (including phenoxy) is 1. The molecule has 1 aromatic heterocycles. The third-order valence-corrected chi connectivity index (χ3v) is 6.07. The molecule has 0 saturated carbocycles. The summed E-state index contributed by atoms with van der Waals surface area (Å²) in [6, 6.07) is 7.39. The molecule has 1 fully saturated rings. The van der Waals surface area contributed by atoms with Gasteiger partial charge < -0.3 is 19.9 Å². The smallest absolute Gasteiger partial charge is 0.339 e. The number of piperidine rings is 1. The van der Waals surface area contributed by atoms with Gasteiger partial charge in [-0.2, -0.15) is 0 Å². The first-order valence-electron chi connectivity index (χ1n) is 10.4. The maximum Gasteiger partial charge on any atom is 0.339 e. The highest BCUT2D eigenvalue weighted by atomic mass is 35.5. The van der Waals surface area contributed by atoms with Crippen LogP contribution in [0.1, 0.15) is 56.9 Å². The normalized spacial score (nSPS) is 14.4. The minimum atomic E-state index is -0.450. The lowest BCUT2D eigenvalue weighted by molar-refractivity contribution is -0.122. The number of methoxy groups -OCH3 is 1. The van der Waals surface area contributed by atoms with E-state index < -0.39 is 5.97 Å². The minimum absolute atomic E-state index is 0.0123. The molecule has 0 radical (unpaired) electrons. The average Bonchev–Trinajstić information content (AvgIpc) is 3.06. The first kappa shape index (κ1) is 22.9. The van der Waals surface area contributed by atoms with Gasteiger partial charge in [-0.15, -0.1) is 0 Å². The van der Waals surface area contributed by atoms with Gasteiger partial charge in [-0.1, -0.05) is 23.7 Å². The topological polar surface area (TPSA) is 91.5 Å². The Balaban J connectivity index is 1.50. The van der Waals surface area contributed by atoms with Gasteiger partial charge in [0.2, 0.25) is 5.91 Å². The number of carbonyl (C=O) groups is 3. The Kier molecular flexibility index (Phi) is 7.38. The Morgan fingerprint density at radius 1 is 1.16 bits per heavy atom. The van der Waals surface area contributed by atoms with Crippen molar-refractivity contribution in [3.8, 4) is 0 Å². The number of nitrogens with one attached hydrogen (secondary N) is 2. The molecule has 8 heteroatoms. The van der Waals surface area contributed by atoms with Crippen LogP contribution < -0.4 is 5.32 Å².